The van der Waals surface area contributed by atoms with Gasteiger partial charge in [0.1, 0.15) is 17.5 Å². The van der Waals surface area contributed by atoms with Crippen molar-refractivity contribution in [3.8, 4) is 6.07 Å². The second-order valence-corrected chi connectivity index (χ2v) is 6.84. The molecule has 0 N–H and O–H groups in total. The van der Waals surface area contributed by atoms with Crippen LogP contribution >= 0.6 is 0 Å². The van der Waals surface area contributed by atoms with E-state index in [-0.39, 0.29) is 11.5 Å². The minimum Gasteiger partial charge on any atom is -0.373 e. The lowest BCUT2D eigenvalue weighted by molar-refractivity contribution is -0.128. The smallest absolute Gasteiger partial charge is 0.266 e. The number of aromatic nitrogens is 1. The molecule has 2 aliphatic rings. The number of hydrogen-bond donors (Lipinski definition) is 0. The maximum Gasteiger partial charge on any atom is 0.266 e. The number of nitriles is 1. The second kappa shape index (κ2) is 8.02. The van der Waals surface area contributed by atoms with E-state index in [9.17, 15) is 10.1 Å². The Bertz CT molecular complexity index is 650. The molecule has 25 heavy (non-hydrogen) atoms. The fourth-order valence-corrected chi connectivity index (χ4v) is 3.32. The number of anilines is 1. The number of rotatable bonds is 3. The van der Waals surface area contributed by atoms with Crippen molar-refractivity contribution in [2.24, 2.45) is 5.92 Å². The van der Waals surface area contributed by atoms with Crippen LogP contribution < -0.4 is 4.90 Å². The lowest BCUT2D eigenvalue weighted by atomic mass is 9.99. The van der Waals surface area contributed by atoms with Gasteiger partial charge in [-0.2, -0.15) is 5.26 Å². The van der Waals surface area contributed by atoms with E-state index in [1.165, 1.54) is 0 Å². The predicted molar refractivity (Wildman–Crippen MR) is 96.7 cm³/mol. The number of carbonyl (C=O) groups excluding carboxylic acids is 1. The van der Waals surface area contributed by atoms with E-state index in [4.69, 9.17) is 0 Å². The van der Waals surface area contributed by atoms with Crippen LogP contribution in [0.15, 0.2) is 36.2 Å². The summed E-state index contributed by atoms with van der Waals surface area (Å²) in [5, 5.41) is 9.43. The third-order valence-corrected chi connectivity index (χ3v) is 5.02. The Morgan fingerprint density at radius 1 is 1.20 bits per heavy atom. The molecule has 1 aromatic rings. The monoisotopic (exact) mass is 339 g/mol. The van der Waals surface area contributed by atoms with E-state index in [1.807, 2.05) is 23.1 Å². The number of piperazine rings is 1. The Hall–Kier alpha value is -2.55. The van der Waals surface area contributed by atoms with Crippen molar-refractivity contribution in [3.63, 3.8) is 0 Å². The molecule has 0 saturated carbocycles. The first-order chi connectivity index (χ1) is 12.2. The second-order valence-electron chi connectivity index (χ2n) is 6.84. The van der Waals surface area contributed by atoms with Gasteiger partial charge < -0.3 is 14.7 Å². The highest BCUT2D eigenvalue weighted by atomic mass is 16.2. The highest BCUT2D eigenvalue weighted by molar-refractivity contribution is 5.97. The van der Waals surface area contributed by atoms with Crippen LogP contribution in [0.25, 0.3) is 0 Å². The first kappa shape index (κ1) is 17.3. The van der Waals surface area contributed by atoms with Crippen LogP contribution in [0.4, 0.5) is 5.82 Å². The molecule has 6 heteroatoms. The van der Waals surface area contributed by atoms with Gasteiger partial charge in [-0.15, -0.1) is 0 Å². The van der Waals surface area contributed by atoms with Crippen molar-refractivity contribution >= 4 is 11.7 Å². The number of carbonyl (C=O) groups is 1. The predicted octanol–water partition coefficient (Wildman–Crippen LogP) is 1.87. The van der Waals surface area contributed by atoms with Crippen LogP contribution in [0.2, 0.25) is 0 Å². The molecule has 6 nitrogen and oxygen atoms in total. The number of nitrogens with zero attached hydrogens (tertiary/aromatic N) is 5. The van der Waals surface area contributed by atoms with Crippen LogP contribution in [0, 0.1) is 17.2 Å². The average molecular weight is 339 g/mol. The third kappa shape index (κ3) is 4.30. The van der Waals surface area contributed by atoms with Gasteiger partial charge in [-0.05, 0) is 30.9 Å². The molecule has 3 rings (SSSR count). The van der Waals surface area contributed by atoms with Gasteiger partial charge >= 0.3 is 0 Å². The van der Waals surface area contributed by atoms with E-state index in [0.717, 1.165) is 57.9 Å². The van der Waals surface area contributed by atoms with Crippen LogP contribution in [0.3, 0.4) is 0 Å². The topological polar surface area (TPSA) is 63.5 Å². The summed E-state index contributed by atoms with van der Waals surface area (Å²) >= 11 is 0. The SMILES string of the molecule is CC1CCN(C(=O)/C(C#N)=C\N2CCN(c3ccccn3)CC2)CC1. The largest absolute Gasteiger partial charge is 0.373 e. The Labute approximate surface area is 149 Å². The molecule has 3 heterocycles. The Morgan fingerprint density at radius 2 is 1.92 bits per heavy atom. The molecule has 0 unspecified atom stereocenters. The third-order valence-electron chi connectivity index (χ3n) is 5.02. The van der Waals surface area contributed by atoms with Crippen molar-refractivity contribution < 1.29 is 4.79 Å². The van der Waals surface area contributed by atoms with Crippen LogP contribution in [0.1, 0.15) is 19.8 Å². The van der Waals surface area contributed by atoms with Gasteiger partial charge in [0.05, 0.1) is 0 Å². The number of amides is 1. The van der Waals surface area contributed by atoms with Crippen LogP contribution in [-0.2, 0) is 4.79 Å². The average Bonchev–Trinajstić information content (AvgIpc) is 2.67. The van der Waals surface area contributed by atoms with E-state index in [0.29, 0.717) is 5.92 Å². The first-order valence-corrected chi connectivity index (χ1v) is 8.98. The maximum absolute atomic E-state index is 12.6. The van der Waals surface area contributed by atoms with E-state index in [1.54, 1.807) is 12.4 Å². The standard InChI is InChI=1S/C19H25N5O/c1-16-5-8-24(9-6-16)19(25)17(14-20)15-22-10-12-23(13-11-22)18-4-2-3-7-21-18/h2-4,7,15-16H,5-6,8-13H2,1H3/b17-15-. The minimum atomic E-state index is -0.124. The fourth-order valence-electron chi connectivity index (χ4n) is 3.32. The quantitative estimate of drug-likeness (QED) is 0.621. The molecule has 2 fully saturated rings. The van der Waals surface area contributed by atoms with Crippen molar-refractivity contribution in [2.45, 2.75) is 19.8 Å². The van der Waals surface area contributed by atoms with Crippen LogP contribution in [0.5, 0.6) is 0 Å². The van der Waals surface area contributed by atoms with Crippen molar-refractivity contribution in [3.05, 3.63) is 36.2 Å². The van der Waals surface area contributed by atoms with Gasteiger partial charge in [-0.25, -0.2) is 4.98 Å². The molecule has 0 aliphatic carbocycles. The Balaban J connectivity index is 1.58. The van der Waals surface area contributed by atoms with Gasteiger partial charge in [0.2, 0.25) is 0 Å². The number of pyridine rings is 1. The maximum atomic E-state index is 12.6. The summed E-state index contributed by atoms with van der Waals surface area (Å²) in [5.74, 6) is 1.52. The van der Waals surface area contributed by atoms with Crippen molar-refractivity contribution in [1.82, 2.24) is 14.8 Å². The van der Waals surface area contributed by atoms with Gasteiger partial charge in [0, 0.05) is 51.7 Å². The zero-order valence-corrected chi connectivity index (χ0v) is 14.8. The molecule has 2 aliphatic heterocycles. The summed E-state index contributed by atoms with van der Waals surface area (Å²) in [4.78, 5) is 23.1. The summed E-state index contributed by atoms with van der Waals surface area (Å²) in [6, 6.07) is 8.01. The Morgan fingerprint density at radius 3 is 2.52 bits per heavy atom. The van der Waals surface area contributed by atoms with Gasteiger partial charge in [0.25, 0.3) is 5.91 Å². The molecule has 132 valence electrons. The molecule has 0 aromatic carbocycles. The zero-order valence-electron chi connectivity index (χ0n) is 14.8. The zero-order chi connectivity index (χ0) is 17.6. The van der Waals surface area contributed by atoms with Crippen LogP contribution in [-0.4, -0.2) is 60.0 Å². The van der Waals surface area contributed by atoms with Gasteiger partial charge in [0.15, 0.2) is 0 Å². The Kier molecular flexibility index (Phi) is 5.54. The highest BCUT2D eigenvalue weighted by Gasteiger charge is 2.24. The molecular weight excluding hydrogens is 314 g/mol. The van der Waals surface area contributed by atoms with Gasteiger partial charge in [-0.1, -0.05) is 13.0 Å². The summed E-state index contributed by atoms with van der Waals surface area (Å²) in [7, 11) is 0. The van der Waals surface area contributed by atoms with Gasteiger partial charge in [-0.3, -0.25) is 4.79 Å². The fraction of sp³-hybridized carbons (Fsp3) is 0.526. The molecule has 1 aromatic heterocycles. The summed E-state index contributed by atoms with van der Waals surface area (Å²) in [5.41, 5.74) is 0.251. The number of hydrogen-bond acceptors (Lipinski definition) is 5. The lowest BCUT2D eigenvalue weighted by Crippen LogP contribution is -2.45. The highest BCUT2D eigenvalue weighted by Crippen LogP contribution is 2.18. The lowest BCUT2D eigenvalue weighted by Gasteiger charge is -2.35. The summed E-state index contributed by atoms with van der Waals surface area (Å²) in [6.45, 7) is 6.96. The molecule has 1 amide bonds. The molecule has 0 radical (unpaired) electrons. The van der Waals surface area contributed by atoms with E-state index < -0.39 is 0 Å². The molecular formula is C19H25N5O. The molecule has 2 saturated heterocycles. The van der Waals surface area contributed by atoms with Crippen molar-refractivity contribution in [2.75, 3.05) is 44.2 Å². The molecule has 0 spiro atoms. The summed E-state index contributed by atoms with van der Waals surface area (Å²) < 4.78 is 0. The van der Waals surface area contributed by atoms with E-state index in [2.05, 4.69) is 27.8 Å². The van der Waals surface area contributed by atoms with E-state index >= 15 is 0 Å². The molecule has 0 atom stereocenters. The minimum absolute atomic E-state index is 0.124. The normalized spacial score (nSPS) is 19.7. The number of likely N-dealkylation sites (tertiary alicyclic amines) is 1. The molecule has 0 bridgehead atoms. The summed E-state index contributed by atoms with van der Waals surface area (Å²) in [6.07, 6.45) is 5.59. The van der Waals surface area contributed by atoms with Crippen molar-refractivity contribution in [1.29, 1.82) is 5.26 Å². The number of piperidine rings is 1. The first-order valence-electron chi connectivity index (χ1n) is 8.98.